The standard InChI is InChI=1S/C12H16BrFO2/c1-12(2,3)16-7-11(15)9-6-8(13)4-5-10(9)14/h4-6,11,15H,7H2,1-3H3. The molecule has 90 valence electrons. The normalized spacial score (nSPS) is 13.9. The first-order valence-corrected chi connectivity index (χ1v) is 5.86. The van der Waals surface area contributed by atoms with Crippen molar-refractivity contribution in [2.45, 2.75) is 32.5 Å². The molecule has 0 aliphatic heterocycles. The van der Waals surface area contributed by atoms with Crippen molar-refractivity contribution in [2.75, 3.05) is 6.61 Å². The topological polar surface area (TPSA) is 29.5 Å². The number of ether oxygens (including phenoxy) is 1. The van der Waals surface area contributed by atoms with Gasteiger partial charge in [0.1, 0.15) is 11.9 Å². The van der Waals surface area contributed by atoms with E-state index in [1.165, 1.54) is 6.07 Å². The van der Waals surface area contributed by atoms with Crippen LogP contribution in [0.25, 0.3) is 0 Å². The third-order valence-corrected chi connectivity index (χ3v) is 2.48. The van der Waals surface area contributed by atoms with Gasteiger partial charge in [-0.3, -0.25) is 0 Å². The summed E-state index contributed by atoms with van der Waals surface area (Å²) in [4.78, 5) is 0. The predicted octanol–water partition coefficient (Wildman–Crippen LogP) is 3.44. The zero-order valence-electron chi connectivity index (χ0n) is 9.63. The molecule has 2 nitrogen and oxygen atoms in total. The second kappa shape index (κ2) is 5.25. The molecule has 0 heterocycles. The second-order valence-electron chi connectivity index (χ2n) is 4.61. The maximum atomic E-state index is 13.4. The van der Waals surface area contributed by atoms with Crippen molar-refractivity contribution in [3.8, 4) is 0 Å². The number of halogens is 2. The van der Waals surface area contributed by atoms with E-state index in [1.807, 2.05) is 20.8 Å². The van der Waals surface area contributed by atoms with Gasteiger partial charge in [-0.05, 0) is 39.0 Å². The van der Waals surface area contributed by atoms with Gasteiger partial charge in [0.05, 0.1) is 12.2 Å². The SMILES string of the molecule is CC(C)(C)OCC(O)c1cc(Br)ccc1F. The van der Waals surface area contributed by atoms with E-state index in [1.54, 1.807) is 12.1 Å². The summed E-state index contributed by atoms with van der Waals surface area (Å²) in [5.41, 5.74) is -0.0951. The van der Waals surface area contributed by atoms with Gasteiger partial charge in [0.2, 0.25) is 0 Å². The lowest BCUT2D eigenvalue weighted by atomic mass is 10.1. The summed E-state index contributed by atoms with van der Waals surface area (Å²) in [6.07, 6.45) is -0.947. The number of rotatable bonds is 3. The van der Waals surface area contributed by atoms with Crippen molar-refractivity contribution in [2.24, 2.45) is 0 Å². The monoisotopic (exact) mass is 290 g/mol. The molecule has 1 atom stereocenters. The fourth-order valence-electron chi connectivity index (χ4n) is 1.19. The second-order valence-corrected chi connectivity index (χ2v) is 5.52. The Labute approximate surface area is 104 Å². The maximum absolute atomic E-state index is 13.4. The van der Waals surface area contributed by atoms with E-state index in [-0.39, 0.29) is 17.8 Å². The van der Waals surface area contributed by atoms with Crippen molar-refractivity contribution in [3.05, 3.63) is 34.1 Å². The van der Waals surface area contributed by atoms with Gasteiger partial charge in [-0.1, -0.05) is 15.9 Å². The molecule has 0 aliphatic carbocycles. The van der Waals surface area contributed by atoms with Crippen LogP contribution < -0.4 is 0 Å². The number of hydrogen-bond donors (Lipinski definition) is 1. The molecule has 0 aromatic heterocycles. The van der Waals surface area contributed by atoms with E-state index in [0.29, 0.717) is 0 Å². The van der Waals surface area contributed by atoms with Gasteiger partial charge in [0.15, 0.2) is 0 Å². The highest BCUT2D eigenvalue weighted by atomic mass is 79.9. The van der Waals surface area contributed by atoms with Crippen LogP contribution in [0.4, 0.5) is 4.39 Å². The van der Waals surface area contributed by atoms with Crippen LogP contribution in [0.1, 0.15) is 32.4 Å². The fourth-order valence-corrected chi connectivity index (χ4v) is 1.57. The molecule has 0 radical (unpaired) electrons. The molecule has 16 heavy (non-hydrogen) atoms. The van der Waals surface area contributed by atoms with Gasteiger partial charge in [-0.15, -0.1) is 0 Å². The van der Waals surface area contributed by atoms with E-state index >= 15 is 0 Å². The summed E-state index contributed by atoms with van der Waals surface area (Å²) in [6, 6.07) is 4.47. The lowest BCUT2D eigenvalue weighted by molar-refractivity contribution is -0.0504. The highest BCUT2D eigenvalue weighted by Crippen LogP contribution is 2.23. The van der Waals surface area contributed by atoms with Crippen LogP contribution >= 0.6 is 15.9 Å². The van der Waals surface area contributed by atoms with Crippen LogP contribution in [0.15, 0.2) is 22.7 Å². The van der Waals surface area contributed by atoms with Gasteiger partial charge in [-0.2, -0.15) is 0 Å². The average molecular weight is 291 g/mol. The quantitative estimate of drug-likeness (QED) is 0.924. The maximum Gasteiger partial charge on any atom is 0.129 e. The molecule has 1 aromatic rings. The van der Waals surface area contributed by atoms with Crippen molar-refractivity contribution >= 4 is 15.9 Å². The highest BCUT2D eigenvalue weighted by Gasteiger charge is 2.17. The largest absolute Gasteiger partial charge is 0.386 e. The van der Waals surface area contributed by atoms with Crippen LogP contribution in [0.3, 0.4) is 0 Å². The molecule has 1 aromatic carbocycles. The summed E-state index contributed by atoms with van der Waals surface area (Å²) < 4.78 is 19.5. The molecule has 0 amide bonds. The first-order valence-electron chi connectivity index (χ1n) is 5.06. The van der Waals surface area contributed by atoms with Crippen molar-refractivity contribution in [1.29, 1.82) is 0 Å². The smallest absolute Gasteiger partial charge is 0.129 e. The third-order valence-electron chi connectivity index (χ3n) is 1.99. The summed E-state index contributed by atoms with van der Waals surface area (Å²) in [5.74, 6) is -0.423. The minimum absolute atomic E-state index is 0.0802. The first-order chi connectivity index (χ1) is 7.29. The average Bonchev–Trinajstić information content (AvgIpc) is 2.17. The molecule has 1 unspecified atom stereocenters. The van der Waals surface area contributed by atoms with E-state index in [4.69, 9.17) is 4.74 Å². The lowest BCUT2D eigenvalue weighted by Gasteiger charge is -2.22. The summed E-state index contributed by atoms with van der Waals surface area (Å²) in [7, 11) is 0. The molecule has 1 N–H and O–H groups in total. The van der Waals surface area contributed by atoms with Crippen molar-refractivity contribution in [3.63, 3.8) is 0 Å². The number of aliphatic hydroxyl groups is 1. The molecule has 4 heteroatoms. The Morgan fingerprint density at radius 3 is 2.62 bits per heavy atom. The molecule has 1 rings (SSSR count). The minimum Gasteiger partial charge on any atom is -0.386 e. The van der Waals surface area contributed by atoms with Gasteiger partial charge >= 0.3 is 0 Å². The molecule has 0 saturated carbocycles. The van der Waals surface area contributed by atoms with Gasteiger partial charge in [0, 0.05) is 10.0 Å². The van der Waals surface area contributed by atoms with E-state index in [9.17, 15) is 9.50 Å². The van der Waals surface area contributed by atoms with E-state index in [0.717, 1.165) is 4.47 Å². The Kier molecular flexibility index (Phi) is 4.47. The molecule has 0 spiro atoms. The Hall–Kier alpha value is -0.450. The predicted molar refractivity (Wildman–Crippen MR) is 64.8 cm³/mol. The van der Waals surface area contributed by atoms with Crippen molar-refractivity contribution in [1.82, 2.24) is 0 Å². The molecule has 0 aliphatic rings. The number of aliphatic hydroxyl groups excluding tert-OH is 1. The van der Waals surface area contributed by atoms with E-state index < -0.39 is 11.9 Å². The third kappa shape index (κ3) is 4.20. The molecular formula is C12H16BrFO2. The zero-order chi connectivity index (χ0) is 12.3. The van der Waals surface area contributed by atoms with Gasteiger partial charge in [-0.25, -0.2) is 4.39 Å². The molecular weight excluding hydrogens is 275 g/mol. The Morgan fingerprint density at radius 2 is 2.06 bits per heavy atom. The Bertz CT molecular complexity index is 361. The summed E-state index contributed by atoms with van der Waals surface area (Å²) in [5, 5.41) is 9.80. The zero-order valence-corrected chi connectivity index (χ0v) is 11.2. The summed E-state index contributed by atoms with van der Waals surface area (Å²) >= 11 is 3.24. The minimum atomic E-state index is -0.947. The van der Waals surface area contributed by atoms with Gasteiger partial charge in [0.25, 0.3) is 0 Å². The van der Waals surface area contributed by atoms with Crippen LogP contribution in [0.2, 0.25) is 0 Å². The molecule has 0 fully saturated rings. The Balaban J connectivity index is 2.73. The lowest BCUT2D eigenvalue weighted by Crippen LogP contribution is -2.23. The molecule has 0 bridgehead atoms. The van der Waals surface area contributed by atoms with Crippen molar-refractivity contribution < 1.29 is 14.2 Å². The molecule has 0 saturated heterocycles. The van der Waals surface area contributed by atoms with Gasteiger partial charge < -0.3 is 9.84 Å². The van der Waals surface area contributed by atoms with Crippen LogP contribution in [0, 0.1) is 5.82 Å². The van der Waals surface area contributed by atoms with E-state index in [2.05, 4.69) is 15.9 Å². The first kappa shape index (κ1) is 13.6. The van der Waals surface area contributed by atoms with Crippen LogP contribution in [-0.2, 0) is 4.74 Å². The van der Waals surface area contributed by atoms with Crippen LogP contribution in [-0.4, -0.2) is 17.3 Å². The Morgan fingerprint density at radius 1 is 1.44 bits per heavy atom. The number of hydrogen-bond acceptors (Lipinski definition) is 2. The van der Waals surface area contributed by atoms with Crippen LogP contribution in [0.5, 0.6) is 0 Å². The highest BCUT2D eigenvalue weighted by molar-refractivity contribution is 9.10. The fraction of sp³-hybridized carbons (Fsp3) is 0.500. The number of benzene rings is 1. The summed E-state index contributed by atoms with van der Waals surface area (Å²) in [6.45, 7) is 5.74.